The van der Waals surface area contributed by atoms with Crippen LogP contribution < -0.4 is 0 Å². The molecule has 3 heteroatoms. The summed E-state index contributed by atoms with van der Waals surface area (Å²) in [6.07, 6.45) is 1.06. The first kappa shape index (κ1) is 11.5. The molecule has 0 fully saturated rings. The second kappa shape index (κ2) is 6.04. The lowest BCUT2D eigenvalue weighted by Gasteiger charge is -2.15. The number of nitrogens with zero attached hydrogens (tertiary/aromatic N) is 1. The van der Waals surface area contributed by atoms with Gasteiger partial charge in [-0.05, 0) is 43.5 Å². The first-order chi connectivity index (χ1) is 6.72. The van der Waals surface area contributed by atoms with Gasteiger partial charge in [0.2, 0.25) is 0 Å². The van der Waals surface area contributed by atoms with Crippen LogP contribution in [0.25, 0.3) is 0 Å². The molecule has 0 heterocycles. The first-order valence-electron chi connectivity index (χ1n) is 4.76. The van der Waals surface area contributed by atoms with Gasteiger partial charge in [-0.25, -0.2) is 4.39 Å². The second-order valence-corrected chi connectivity index (χ2v) is 3.89. The van der Waals surface area contributed by atoms with Crippen molar-refractivity contribution in [3.05, 3.63) is 35.6 Å². The van der Waals surface area contributed by atoms with Crippen molar-refractivity contribution < 1.29 is 4.39 Å². The van der Waals surface area contributed by atoms with Gasteiger partial charge >= 0.3 is 0 Å². The molecule has 0 aliphatic rings. The Morgan fingerprint density at radius 1 is 1.43 bits per heavy atom. The highest BCUT2D eigenvalue weighted by molar-refractivity contribution is 7.80. The average molecular weight is 213 g/mol. The summed E-state index contributed by atoms with van der Waals surface area (Å²) in [7, 11) is 2.04. The second-order valence-electron chi connectivity index (χ2n) is 3.44. The fourth-order valence-electron chi connectivity index (χ4n) is 1.37. The van der Waals surface area contributed by atoms with Crippen molar-refractivity contribution in [3.8, 4) is 0 Å². The van der Waals surface area contributed by atoms with Crippen LogP contribution in [0.1, 0.15) is 12.0 Å². The molecule has 0 atom stereocenters. The molecule has 1 aromatic rings. The Labute approximate surface area is 90.3 Å². The predicted octanol–water partition coefficient (Wildman–Crippen LogP) is 2.58. The summed E-state index contributed by atoms with van der Waals surface area (Å²) in [5, 5.41) is 0. The molecule has 1 nitrogen and oxygen atoms in total. The van der Waals surface area contributed by atoms with Gasteiger partial charge in [-0.3, -0.25) is 0 Å². The summed E-state index contributed by atoms with van der Waals surface area (Å²) in [6, 6.07) is 6.74. The van der Waals surface area contributed by atoms with Crippen LogP contribution in [0.3, 0.4) is 0 Å². The van der Waals surface area contributed by atoms with Crippen molar-refractivity contribution in [1.82, 2.24) is 4.90 Å². The highest BCUT2D eigenvalue weighted by Gasteiger charge is 2.00. The SMILES string of the molecule is CN(CCCS)Cc1cccc(F)c1. The molecule has 0 N–H and O–H groups in total. The van der Waals surface area contributed by atoms with Crippen molar-refractivity contribution in [3.63, 3.8) is 0 Å². The summed E-state index contributed by atoms with van der Waals surface area (Å²) < 4.78 is 12.8. The van der Waals surface area contributed by atoms with Gasteiger partial charge in [-0.1, -0.05) is 12.1 Å². The van der Waals surface area contributed by atoms with E-state index < -0.39 is 0 Å². The average Bonchev–Trinajstić information content (AvgIpc) is 2.15. The van der Waals surface area contributed by atoms with Crippen molar-refractivity contribution in [2.45, 2.75) is 13.0 Å². The van der Waals surface area contributed by atoms with Gasteiger partial charge in [0.25, 0.3) is 0 Å². The zero-order valence-electron chi connectivity index (χ0n) is 8.41. The van der Waals surface area contributed by atoms with Crippen LogP contribution in [0.15, 0.2) is 24.3 Å². The van der Waals surface area contributed by atoms with Crippen LogP contribution >= 0.6 is 12.6 Å². The maximum absolute atomic E-state index is 12.8. The smallest absolute Gasteiger partial charge is 0.123 e. The largest absolute Gasteiger partial charge is 0.302 e. The van der Waals surface area contributed by atoms with Gasteiger partial charge < -0.3 is 4.90 Å². The van der Waals surface area contributed by atoms with E-state index >= 15 is 0 Å². The van der Waals surface area contributed by atoms with Gasteiger partial charge in [-0.2, -0.15) is 12.6 Å². The molecule has 0 bridgehead atoms. The molecular formula is C11H16FNS. The van der Waals surface area contributed by atoms with Crippen molar-refractivity contribution >= 4 is 12.6 Å². The van der Waals surface area contributed by atoms with Crippen LogP contribution in [0, 0.1) is 5.82 Å². The number of thiol groups is 1. The van der Waals surface area contributed by atoms with Crippen molar-refractivity contribution in [2.75, 3.05) is 19.3 Å². The highest BCUT2D eigenvalue weighted by atomic mass is 32.1. The summed E-state index contributed by atoms with van der Waals surface area (Å²) >= 11 is 4.15. The molecule has 0 spiro atoms. The fourth-order valence-corrected chi connectivity index (χ4v) is 1.51. The summed E-state index contributed by atoms with van der Waals surface area (Å²) in [6.45, 7) is 1.80. The Balaban J connectivity index is 2.43. The third-order valence-corrected chi connectivity index (χ3v) is 2.36. The predicted molar refractivity (Wildman–Crippen MR) is 61.2 cm³/mol. The molecule has 0 aromatic heterocycles. The Hall–Kier alpha value is -0.540. The zero-order valence-corrected chi connectivity index (χ0v) is 9.30. The monoisotopic (exact) mass is 213 g/mol. The molecule has 1 rings (SSSR count). The minimum Gasteiger partial charge on any atom is -0.302 e. The number of hydrogen-bond donors (Lipinski definition) is 1. The van der Waals surface area contributed by atoms with Crippen LogP contribution in [0.5, 0.6) is 0 Å². The number of benzene rings is 1. The summed E-state index contributed by atoms with van der Waals surface area (Å²) in [5.41, 5.74) is 1.02. The van der Waals surface area contributed by atoms with Crippen LogP contribution in [-0.4, -0.2) is 24.2 Å². The molecule has 0 aliphatic carbocycles. The van der Waals surface area contributed by atoms with E-state index in [0.29, 0.717) is 0 Å². The van der Waals surface area contributed by atoms with E-state index in [1.54, 1.807) is 12.1 Å². The molecule has 14 heavy (non-hydrogen) atoms. The number of halogens is 1. The van der Waals surface area contributed by atoms with E-state index in [9.17, 15) is 4.39 Å². The quantitative estimate of drug-likeness (QED) is 0.736. The Bertz CT molecular complexity index is 278. The summed E-state index contributed by atoms with van der Waals surface area (Å²) in [5.74, 6) is 0.734. The van der Waals surface area contributed by atoms with E-state index in [2.05, 4.69) is 17.5 Å². The first-order valence-corrected chi connectivity index (χ1v) is 5.39. The van der Waals surface area contributed by atoms with E-state index in [0.717, 1.165) is 30.8 Å². The van der Waals surface area contributed by atoms with Crippen LogP contribution in [0.4, 0.5) is 4.39 Å². The lowest BCUT2D eigenvalue weighted by atomic mass is 10.2. The maximum Gasteiger partial charge on any atom is 0.123 e. The van der Waals surface area contributed by atoms with Crippen molar-refractivity contribution in [1.29, 1.82) is 0 Å². The Morgan fingerprint density at radius 3 is 2.86 bits per heavy atom. The highest BCUT2D eigenvalue weighted by Crippen LogP contribution is 2.06. The lowest BCUT2D eigenvalue weighted by Crippen LogP contribution is -2.19. The molecule has 0 saturated heterocycles. The number of rotatable bonds is 5. The van der Waals surface area contributed by atoms with Gasteiger partial charge in [0, 0.05) is 6.54 Å². The third kappa shape index (κ3) is 4.11. The van der Waals surface area contributed by atoms with Crippen LogP contribution in [0.2, 0.25) is 0 Å². The van der Waals surface area contributed by atoms with E-state index in [4.69, 9.17) is 0 Å². The standard InChI is InChI=1S/C11H16FNS/c1-13(6-3-7-14)9-10-4-2-5-11(12)8-10/h2,4-5,8,14H,3,6-7,9H2,1H3. The van der Waals surface area contributed by atoms with Gasteiger partial charge in [-0.15, -0.1) is 0 Å². The minimum atomic E-state index is -0.162. The molecule has 1 aromatic carbocycles. The minimum absolute atomic E-state index is 0.162. The lowest BCUT2D eigenvalue weighted by molar-refractivity contribution is 0.328. The molecule has 0 aliphatic heterocycles. The van der Waals surface area contributed by atoms with E-state index in [1.165, 1.54) is 6.07 Å². The molecule has 0 radical (unpaired) electrons. The van der Waals surface area contributed by atoms with Crippen molar-refractivity contribution in [2.24, 2.45) is 0 Å². The molecule has 0 saturated carbocycles. The van der Waals surface area contributed by atoms with Crippen LogP contribution in [-0.2, 0) is 6.54 Å². The molecule has 78 valence electrons. The number of hydrogen-bond acceptors (Lipinski definition) is 2. The van der Waals surface area contributed by atoms with Gasteiger partial charge in [0.05, 0.1) is 0 Å². The zero-order chi connectivity index (χ0) is 10.4. The molecule has 0 unspecified atom stereocenters. The van der Waals surface area contributed by atoms with E-state index in [1.807, 2.05) is 13.1 Å². The van der Waals surface area contributed by atoms with E-state index in [-0.39, 0.29) is 5.82 Å². The van der Waals surface area contributed by atoms with Gasteiger partial charge in [0.15, 0.2) is 0 Å². The Kier molecular flexibility index (Phi) is 4.98. The third-order valence-electron chi connectivity index (χ3n) is 2.04. The molecular weight excluding hydrogens is 197 g/mol. The Morgan fingerprint density at radius 2 is 2.21 bits per heavy atom. The maximum atomic E-state index is 12.8. The molecule has 0 amide bonds. The topological polar surface area (TPSA) is 3.24 Å². The normalized spacial score (nSPS) is 10.9. The fraction of sp³-hybridized carbons (Fsp3) is 0.455. The van der Waals surface area contributed by atoms with Gasteiger partial charge in [0.1, 0.15) is 5.82 Å². The summed E-state index contributed by atoms with van der Waals surface area (Å²) in [4.78, 5) is 2.17.